The van der Waals surface area contributed by atoms with Gasteiger partial charge in [-0.25, -0.2) is 0 Å². The van der Waals surface area contributed by atoms with Crippen molar-refractivity contribution >= 4 is 28.9 Å². The fourth-order valence-corrected chi connectivity index (χ4v) is 2.53. The van der Waals surface area contributed by atoms with Gasteiger partial charge in [0.25, 0.3) is 5.91 Å². The zero-order valence-electron chi connectivity index (χ0n) is 14.4. The van der Waals surface area contributed by atoms with Gasteiger partial charge < -0.3 is 10.2 Å². The third-order valence-corrected chi connectivity index (χ3v) is 4.02. The highest BCUT2D eigenvalue weighted by atomic mass is 35.5. The molecule has 0 saturated carbocycles. The molecule has 2 N–H and O–H groups in total. The molecule has 2 aromatic rings. The summed E-state index contributed by atoms with van der Waals surface area (Å²) in [6.07, 6.45) is 0. The number of likely N-dealkylation sites (N-methyl/N-ethyl adjacent to an activating group) is 1. The van der Waals surface area contributed by atoms with Gasteiger partial charge in [-0.05, 0) is 31.5 Å². The van der Waals surface area contributed by atoms with Crippen molar-refractivity contribution in [3.05, 3.63) is 69.7 Å². The van der Waals surface area contributed by atoms with Crippen LogP contribution in [0.4, 0.5) is 0 Å². The van der Waals surface area contributed by atoms with Crippen molar-refractivity contribution in [3.63, 3.8) is 0 Å². The maximum absolute atomic E-state index is 11.8. The topological polar surface area (TPSA) is 74.5 Å². The molecule has 0 spiro atoms. The normalized spacial score (nSPS) is 11.1. The van der Waals surface area contributed by atoms with Crippen LogP contribution in [0.25, 0.3) is 0 Å². The van der Waals surface area contributed by atoms with E-state index in [1.807, 2.05) is 44.2 Å². The summed E-state index contributed by atoms with van der Waals surface area (Å²) in [4.78, 5) is 17.2. The number of aryl methyl sites for hydroxylation is 1. The molecule has 0 unspecified atom stereocenters. The molecule has 130 valence electrons. The number of nitrogens with one attached hydrogen (secondary N) is 2. The summed E-state index contributed by atoms with van der Waals surface area (Å²) < 4.78 is 0. The number of carbonyl (C=O) groups is 1. The fraction of sp³-hybridized carbons (Fsp3) is 0.211. The van der Waals surface area contributed by atoms with E-state index < -0.39 is 5.91 Å². The second-order valence-electron chi connectivity index (χ2n) is 5.52. The lowest BCUT2D eigenvalue weighted by Gasteiger charge is -2.12. The zero-order valence-corrected chi connectivity index (χ0v) is 15.1. The minimum Gasteiger partial charge on any atom is -0.391 e. The predicted molar refractivity (Wildman–Crippen MR) is 101 cm³/mol. The van der Waals surface area contributed by atoms with E-state index in [4.69, 9.17) is 21.8 Å². The monoisotopic (exact) mass is 357 g/mol. The minimum absolute atomic E-state index is 0.0969. The van der Waals surface area contributed by atoms with Crippen LogP contribution in [0.1, 0.15) is 29.2 Å². The molecule has 0 fully saturated rings. The maximum atomic E-state index is 11.8. The molecule has 0 bridgehead atoms. The van der Waals surface area contributed by atoms with E-state index >= 15 is 0 Å². The average Bonchev–Trinajstić information content (AvgIpc) is 2.61. The van der Waals surface area contributed by atoms with E-state index in [1.54, 1.807) is 12.1 Å². The fourth-order valence-electron chi connectivity index (χ4n) is 2.34. The Balaban J connectivity index is 2.19. The van der Waals surface area contributed by atoms with Crippen LogP contribution in [0.2, 0.25) is 5.02 Å². The molecule has 0 saturated heterocycles. The lowest BCUT2D eigenvalue weighted by Crippen LogP contribution is -2.28. The van der Waals surface area contributed by atoms with E-state index in [-0.39, 0.29) is 12.3 Å². The number of benzene rings is 2. The molecule has 1 amide bonds. The summed E-state index contributed by atoms with van der Waals surface area (Å²) in [5.41, 5.74) is 3.70. The molecule has 2 aromatic carbocycles. The highest BCUT2D eigenvalue weighted by molar-refractivity contribution is 6.44. The van der Waals surface area contributed by atoms with E-state index in [9.17, 15) is 4.79 Å². The van der Waals surface area contributed by atoms with Gasteiger partial charge in [-0.3, -0.25) is 10.2 Å². The van der Waals surface area contributed by atoms with Crippen LogP contribution in [0.3, 0.4) is 0 Å². The van der Waals surface area contributed by atoms with Crippen molar-refractivity contribution in [1.82, 2.24) is 5.32 Å². The number of amides is 1. The van der Waals surface area contributed by atoms with Crippen molar-refractivity contribution in [2.24, 2.45) is 5.16 Å². The molecule has 2 rings (SSSR count). The van der Waals surface area contributed by atoms with Crippen LogP contribution < -0.4 is 5.32 Å². The van der Waals surface area contributed by atoms with Crippen LogP contribution in [0, 0.1) is 12.3 Å². The molecular weight excluding hydrogens is 338 g/mol. The number of rotatable bonds is 6. The summed E-state index contributed by atoms with van der Waals surface area (Å²) >= 11 is 5.98. The first-order valence-corrected chi connectivity index (χ1v) is 8.13. The van der Waals surface area contributed by atoms with E-state index in [2.05, 4.69) is 10.5 Å². The second-order valence-corrected chi connectivity index (χ2v) is 5.95. The lowest BCUT2D eigenvalue weighted by atomic mass is 9.98. The first kappa shape index (κ1) is 18.7. The van der Waals surface area contributed by atoms with Crippen LogP contribution in [-0.2, 0) is 16.2 Å². The molecule has 0 aliphatic heterocycles. The molecule has 5 nitrogen and oxygen atoms in total. The van der Waals surface area contributed by atoms with Gasteiger partial charge in [-0.2, -0.15) is 0 Å². The Morgan fingerprint density at radius 2 is 2.00 bits per heavy atom. The van der Waals surface area contributed by atoms with Gasteiger partial charge in [0.2, 0.25) is 0 Å². The summed E-state index contributed by atoms with van der Waals surface area (Å²) in [6.45, 7) is 3.91. The largest absolute Gasteiger partial charge is 0.391 e. The quantitative estimate of drug-likeness (QED) is 0.611. The van der Waals surface area contributed by atoms with Crippen molar-refractivity contribution in [2.45, 2.75) is 20.5 Å². The Bertz CT molecular complexity index is 831. The molecular formula is C19H20ClN3O2. The Hall–Kier alpha value is -2.66. The number of nitrogens with zero attached hydrogens (tertiary/aromatic N) is 1. The summed E-state index contributed by atoms with van der Waals surface area (Å²) in [6, 6.07) is 12.8. The molecule has 0 aliphatic rings. The van der Waals surface area contributed by atoms with Crippen LogP contribution >= 0.6 is 11.6 Å². The second kappa shape index (κ2) is 8.44. The zero-order chi connectivity index (χ0) is 18.4. The molecule has 0 atom stereocenters. The Morgan fingerprint density at radius 3 is 2.68 bits per heavy atom. The SMILES string of the molecule is CNC(=O)C(=N)c1cccc(C)c1CO/N=C(\C)c1cccc(Cl)c1. The number of hydrogen-bond donors (Lipinski definition) is 2. The maximum Gasteiger partial charge on any atom is 0.269 e. The molecule has 25 heavy (non-hydrogen) atoms. The molecule has 0 aromatic heterocycles. The summed E-state index contributed by atoms with van der Waals surface area (Å²) in [5.74, 6) is -0.439. The first-order valence-electron chi connectivity index (χ1n) is 7.76. The summed E-state index contributed by atoms with van der Waals surface area (Å²) in [7, 11) is 1.50. The van der Waals surface area contributed by atoms with Crippen LogP contribution in [0.5, 0.6) is 0 Å². The van der Waals surface area contributed by atoms with Gasteiger partial charge in [0.15, 0.2) is 0 Å². The van der Waals surface area contributed by atoms with E-state index in [0.29, 0.717) is 16.3 Å². The molecule has 0 aliphatic carbocycles. The highest BCUT2D eigenvalue weighted by Gasteiger charge is 2.16. The van der Waals surface area contributed by atoms with E-state index in [0.717, 1.165) is 16.7 Å². The van der Waals surface area contributed by atoms with Crippen molar-refractivity contribution in [1.29, 1.82) is 5.41 Å². The van der Waals surface area contributed by atoms with Crippen LogP contribution in [0.15, 0.2) is 47.6 Å². The standard InChI is InChI=1S/C19H20ClN3O2/c1-12-6-4-9-16(18(21)19(24)22-3)17(12)11-25-23-13(2)14-7-5-8-15(20)10-14/h4-10,21H,11H2,1-3H3,(H,22,24)/b21-18?,23-13+. The Kier molecular flexibility index (Phi) is 6.31. The van der Waals surface area contributed by atoms with Gasteiger partial charge in [0.05, 0.1) is 5.71 Å². The molecule has 6 heteroatoms. The third kappa shape index (κ3) is 4.67. The number of carbonyl (C=O) groups excluding carboxylic acids is 1. The molecule has 0 radical (unpaired) electrons. The highest BCUT2D eigenvalue weighted by Crippen LogP contribution is 2.17. The number of oxime groups is 1. The third-order valence-electron chi connectivity index (χ3n) is 3.79. The van der Waals surface area contributed by atoms with Gasteiger partial charge in [-0.1, -0.05) is 47.1 Å². The van der Waals surface area contributed by atoms with Gasteiger partial charge >= 0.3 is 0 Å². The molecule has 0 heterocycles. The smallest absolute Gasteiger partial charge is 0.269 e. The van der Waals surface area contributed by atoms with Gasteiger partial charge in [0, 0.05) is 28.8 Å². The van der Waals surface area contributed by atoms with Crippen molar-refractivity contribution < 1.29 is 9.63 Å². The average molecular weight is 358 g/mol. The Labute approximate surface area is 152 Å². The lowest BCUT2D eigenvalue weighted by molar-refractivity contribution is -0.114. The van der Waals surface area contributed by atoms with Crippen molar-refractivity contribution in [3.8, 4) is 0 Å². The van der Waals surface area contributed by atoms with Gasteiger partial charge in [-0.15, -0.1) is 0 Å². The summed E-state index contributed by atoms with van der Waals surface area (Å²) in [5, 5.41) is 15.3. The van der Waals surface area contributed by atoms with Gasteiger partial charge in [0.1, 0.15) is 12.3 Å². The Morgan fingerprint density at radius 1 is 1.28 bits per heavy atom. The minimum atomic E-state index is -0.439. The first-order chi connectivity index (χ1) is 11.9. The predicted octanol–water partition coefficient (Wildman–Crippen LogP) is 3.70. The number of hydrogen-bond acceptors (Lipinski definition) is 4. The van der Waals surface area contributed by atoms with Crippen molar-refractivity contribution in [2.75, 3.05) is 7.05 Å². The number of halogens is 1. The van der Waals surface area contributed by atoms with Crippen LogP contribution in [-0.4, -0.2) is 24.4 Å². The van der Waals surface area contributed by atoms with E-state index in [1.165, 1.54) is 7.05 Å².